The van der Waals surface area contributed by atoms with Crippen LogP contribution >= 0.6 is 0 Å². The molecule has 0 bridgehead atoms. The molecular weight excluding hydrogens is 262 g/mol. The van der Waals surface area contributed by atoms with Gasteiger partial charge in [0.2, 0.25) is 0 Å². The van der Waals surface area contributed by atoms with E-state index in [1.165, 1.54) is 38.5 Å². The van der Waals surface area contributed by atoms with Gasteiger partial charge in [0.25, 0.3) is 0 Å². The first-order valence-corrected chi connectivity index (χ1v) is 8.19. The first-order valence-electron chi connectivity index (χ1n) is 8.19. The standard InChI is InChI=1S/C16H31N5/c1-5-6-7-8-9-10-11-18-15-13(4)16(21-17)20-14(19-15)12(2)3/h12H,5-11,17H2,1-4H3,(H2,18,19,20,21). The molecule has 0 aliphatic carbocycles. The SMILES string of the molecule is CCCCCCCCNc1nc(C(C)C)nc(NN)c1C. The predicted molar refractivity (Wildman–Crippen MR) is 90.5 cm³/mol. The Balaban J connectivity index is 2.52. The lowest BCUT2D eigenvalue weighted by molar-refractivity contribution is 0.616. The van der Waals surface area contributed by atoms with E-state index in [9.17, 15) is 0 Å². The van der Waals surface area contributed by atoms with Crippen LogP contribution in [0.5, 0.6) is 0 Å². The van der Waals surface area contributed by atoms with Gasteiger partial charge in [0.1, 0.15) is 17.5 Å². The molecule has 1 rings (SSSR count). The first-order chi connectivity index (χ1) is 10.1. The number of rotatable bonds is 10. The van der Waals surface area contributed by atoms with Crippen LogP contribution in [0.1, 0.15) is 76.6 Å². The summed E-state index contributed by atoms with van der Waals surface area (Å²) in [4.78, 5) is 9.05. The molecule has 0 aliphatic rings. The van der Waals surface area contributed by atoms with Crippen molar-refractivity contribution in [2.75, 3.05) is 17.3 Å². The minimum absolute atomic E-state index is 0.285. The topological polar surface area (TPSA) is 75.9 Å². The van der Waals surface area contributed by atoms with Crippen molar-refractivity contribution in [3.05, 3.63) is 11.4 Å². The number of aromatic nitrogens is 2. The molecule has 0 unspecified atom stereocenters. The molecule has 1 heterocycles. The van der Waals surface area contributed by atoms with Gasteiger partial charge in [-0.25, -0.2) is 15.8 Å². The van der Waals surface area contributed by atoms with Crippen LogP contribution in [0.15, 0.2) is 0 Å². The molecule has 1 aromatic rings. The molecule has 0 fully saturated rings. The molecule has 0 aliphatic heterocycles. The van der Waals surface area contributed by atoms with Gasteiger partial charge in [-0.15, -0.1) is 0 Å². The second-order valence-electron chi connectivity index (χ2n) is 5.90. The Labute approximate surface area is 129 Å². The third-order valence-corrected chi connectivity index (χ3v) is 3.64. The number of hydrazine groups is 1. The number of unbranched alkanes of at least 4 members (excludes halogenated alkanes) is 5. The van der Waals surface area contributed by atoms with Gasteiger partial charge in [0.05, 0.1) is 0 Å². The van der Waals surface area contributed by atoms with Gasteiger partial charge in [-0.3, -0.25) is 0 Å². The van der Waals surface area contributed by atoms with Crippen molar-refractivity contribution in [1.29, 1.82) is 0 Å². The molecule has 21 heavy (non-hydrogen) atoms. The number of nitrogens with one attached hydrogen (secondary N) is 2. The smallest absolute Gasteiger partial charge is 0.148 e. The van der Waals surface area contributed by atoms with Gasteiger partial charge in [-0.05, 0) is 13.3 Å². The van der Waals surface area contributed by atoms with Crippen LogP contribution in [-0.4, -0.2) is 16.5 Å². The van der Waals surface area contributed by atoms with E-state index in [-0.39, 0.29) is 5.92 Å². The Morgan fingerprint density at radius 3 is 2.24 bits per heavy atom. The maximum absolute atomic E-state index is 5.54. The van der Waals surface area contributed by atoms with Gasteiger partial charge < -0.3 is 10.7 Å². The normalized spacial score (nSPS) is 11.0. The minimum Gasteiger partial charge on any atom is -0.370 e. The first kappa shape index (κ1) is 17.7. The van der Waals surface area contributed by atoms with Crippen molar-refractivity contribution >= 4 is 11.6 Å². The second kappa shape index (κ2) is 9.55. The van der Waals surface area contributed by atoms with Gasteiger partial charge in [-0.1, -0.05) is 52.9 Å². The Bertz CT molecular complexity index is 417. The molecule has 4 N–H and O–H groups in total. The van der Waals surface area contributed by atoms with E-state index in [1.54, 1.807) is 0 Å². The zero-order valence-electron chi connectivity index (χ0n) is 14.0. The molecule has 5 nitrogen and oxygen atoms in total. The third kappa shape index (κ3) is 5.87. The minimum atomic E-state index is 0.285. The lowest BCUT2D eigenvalue weighted by atomic mass is 10.1. The summed E-state index contributed by atoms with van der Waals surface area (Å²) in [5, 5.41) is 3.43. The fourth-order valence-electron chi connectivity index (χ4n) is 2.22. The van der Waals surface area contributed by atoms with Crippen molar-refractivity contribution in [1.82, 2.24) is 9.97 Å². The lowest BCUT2D eigenvalue weighted by Gasteiger charge is -2.15. The predicted octanol–water partition coefficient (Wildman–Crippen LogP) is 3.97. The van der Waals surface area contributed by atoms with Crippen LogP contribution in [0.2, 0.25) is 0 Å². The quantitative estimate of drug-likeness (QED) is 0.346. The van der Waals surface area contributed by atoms with E-state index >= 15 is 0 Å². The van der Waals surface area contributed by atoms with Crippen LogP contribution in [0.25, 0.3) is 0 Å². The Kier molecular flexibility index (Phi) is 8.05. The summed E-state index contributed by atoms with van der Waals surface area (Å²) < 4.78 is 0. The maximum Gasteiger partial charge on any atom is 0.148 e. The number of hydrogen-bond donors (Lipinski definition) is 3. The summed E-state index contributed by atoms with van der Waals surface area (Å²) in [5.74, 6) is 8.25. The van der Waals surface area contributed by atoms with E-state index in [0.29, 0.717) is 5.82 Å². The molecule has 5 heteroatoms. The Hall–Kier alpha value is -1.36. The van der Waals surface area contributed by atoms with Crippen LogP contribution in [-0.2, 0) is 0 Å². The van der Waals surface area contributed by atoms with E-state index < -0.39 is 0 Å². The molecule has 0 saturated carbocycles. The lowest BCUT2D eigenvalue weighted by Crippen LogP contribution is -2.16. The van der Waals surface area contributed by atoms with Crippen molar-refractivity contribution in [3.63, 3.8) is 0 Å². The van der Waals surface area contributed by atoms with Gasteiger partial charge >= 0.3 is 0 Å². The molecule has 0 radical (unpaired) electrons. The molecule has 0 spiro atoms. The van der Waals surface area contributed by atoms with Gasteiger partial charge in [-0.2, -0.15) is 0 Å². The van der Waals surface area contributed by atoms with Crippen LogP contribution in [0.3, 0.4) is 0 Å². The largest absolute Gasteiger partial charge is 0.370 e. The summed E-state index contributed by atoms with van der Waals surface area (Å²) in [6.45, 7) is 9.36. The highest BCUT2D eigenvalue weighted by Crippen LogP contribution is 2.22. The highest BCUT2D eigenvalue weighted by atomic mass is 15.3. The zero-order valence-corrected chi connectivity index (χ0v) is 14.0. The van der Waals surface area contributed by atoms with E-state index in [0.717, 1.165) is 23.8 Å². The number of anilines is 2. The van der Waals surface area contributed by atoms with E-state index in [1.807, 2.05) is 6.92 Å². The average Bonchev–Trinajstić information content (AvgIpc) is 2.47. The molecule has 0 aromatic carbocycles. The van der Waals surface area contributed by atoms with Crippen LogP contribution in [0, 0.1) is 6.92 Å². The fourth-order valence-corrected chi connectivity index (χ4v) is 2.22. The van der Waals surface area contributed by atoms with Gasteiger partial charge in [0.15, 0.2) is 0 Å². The Morgan fingerprint density at radius 1 is 1.00 bits per heavy atom. The molecule has 0 saturated heterocycles. The van der Waals surface area contributed by atoms with Crippen molar-refractivity contribution in [2.45, 2.75) is 72.1 Å². The highest BCUT2D eigenvalue weighted by molar-refractivity contribution is 5.56. The number of hydrogen-bond acceptors (Lipinski definition) is 5. The summed E-state index contributed by atoms with van der Waals surface area (Å²) >= 11 is 0. The summed E-state index contributed by atoms with van der Waals surface area (Å²) in [6, 6.07) is 0. The van der Waals surface area contributed by atoms with E-state index in [2.05, 4.69) is 41.5 Å². The van der Waals surface area contributed by atoms with Crippen LogP contribution in [0.4, 0.5) is 11.6 Å². The summed E-state index contributed by atoms with van der Waals surface area (Å²) in [7, 11) is 0. The monoisotopic (exact) mass is 293 g/mol. The number of nitrogens with two attached hydrogens (primary N) is 1. The highest BCUT2D eigenvalue weighted by Gasteiger charge is 2.12. The summed E-state index contributed by atoms with van der Waals surface area (Å²) in [6.07, 6.45) is 7.77. The van der Waals surface area contributed by atoms with Gasteiger partial charge in [0, 0.05) is 18.0 Å². The molecule has 0 amide bonds. The van der Waals surface area contributed by atoms with E-state index in [4.69, 9.17) is 5.84 Å². The zero-order chi connectivity index (χ0) is 15.7. The number of nitrogen functional groups attached to an aromatic ring is 1. The number of nitrogens with zero attached hydrogens (tertiary/aromatic N) is 2. The van der Waals surface area contributed by atoms with Crippen LogP contribution < -0.4 is 16.6 Å². The molecule has 0 atom stereocenters. The Morgan fingerprint density at radius 2 is 1.62 bits per heavy atom. The molecule has 120 valence electrons. The van der Waals surface area contributed by atoms with Crippen molar-refractivity contribution < 1.29 is 0 Å². The van der Waals surface area contributed by atoms with Crippen molar-refractivity contribution in [3.8, 4) is 0 Å². The summed E-state index contributed by atoms with van der Waals surface area (Å²) in [5.41, 5.74) is 3.64. The average molecular weight is 293 g/mol. The fraction of sp³-hybridized carbons (Fsp3) is 0.750. The maximum atomic E-state index is 5.54. The van der Waals surface area contributed by atoms with Crippen molar-refractivity contribution in [2.24, 2.45) is 5.84 Å². The molecular formula is C16H31N5. The second-order valence-corrected chi connectivity index (χ2v) is 5.90. The third-order valence-electron chi connectivity index (χ3n) is 3.64. The molecule has 1 aromatic heterocycles.